The Kier molecular flexibility index (Phi) is 6.40. The monoisotopic (exact) mass is 368 g/mol. The number of ether oxygens (including phenoxy) is 1. The van der Waals surface area contributed by atoms with Crippen LogP contribution in [-0.4, -0.2) is 40.6 Å². The number of rotatable bonds is 8. The number of nitrogens with one attached hydrogen (secondary N) is 1. The normalized spacial score (nSPS) is 13.2. The number of aryl methyl sites for hydroxylation is 1. The Labute approximate surface area is 148 Å². The standard InChI is InChI=1S/C17H24N2O3S2/c1-5-22-17-7-6-15(10-13(17)2)24(20,21)18-11-16(19(3)4)14-8-9-23-12-14/h6-10,12,16,18H,5,11H2,1-4H3. The number of thiophene rings is 1. The van der Waals surface area contributed by atoms with Gasteiger partial charge in [0.05, 0.1) is 11.5 Å². The summed E-state index contributed by atoms with van der Waals surface area (Å²) in [7, 11) is 0.321. The second kappa shape index (κ2) is 8.11. The van der Waals surface area contributed by atoms with Crippen molar-refractivity contribution in [3.05, 3.63) is 46.2 Å². The van der Waals surface area contributed by atoms with Gasteiger partial charge in [-0.25, -0.2) is 13.1 Å². The van der Waals surface area contributed by atoms with Crippen LogP contribution in [-0.2, 0) is 10.0 Å². The Balaban J connectivity index is 2.14. The maximum atomic E-state index is 12.6. The molecule has 0 aliphatic rings. The van der Waals surface area contributed by atoms with Gasteiger partial charge in [-0.05, 0) is 74.1 Å². The Bertz CT molecular complexity index is 756. The number of nitrogens with zero attached hydrogens (tertiary/aromatic N) is 1. The summed E-state index contributed by atoms with van der Waals surface area (Å²) in [6, 6.07) is 6.94. The molecule has 0 spiro atoms. The first kappa shape index (κ1) is 18.9. The molecule has 1 aromatic heterocycles. The summed E-state index contributed by atoms with van der Waals surface area (Å²) in [5, 5.41) is 4.04. The van der Waals surface area contributed by atoms with Crippen LogP contribution < -0.4 is 9.46 Å². The lowest BCUT2D eigenvalue weighted by Crippen LogP contribution is -2.34. The number of sulfonamides is 1. The average molecular weight is 369 g/mol. The van der Waals surface area contributed by atoms with Crippen LogP contribution in [0.3, 0.4) is 0 Å². The van der Waals surface area contributed by atoms with E-state index >= 15 is 0 Å². The SMILES string of the molecule is CCOc1ccc(S(=O)(=O)NCC(c2ccsc2)N(C)C)cc1C. The van der Waals surface area contributed by atoms with Crippen LogP contribution in [0.5, 0.6) is 5.75 Å². The van der Waals surface area contributed by atoms with E-state index in [2.05, 4.69) is 4.72 Å². The molecule has 0 radical (unpaired) electrons. The van der Waals surface area contributed by atoms with E-state index in [9.17, 15) is 8.42 Å². The van der Waals surface area contributed by atoms with Crippen molar-refractivity contribution >= 4 is 21.4 Å². The summed E-state index contributed by atoms with van der Waals surface area (Å²) in [5.74, 6) is 0.709. The fraction of sp³-hybridized carbons (Fsp3) is 0.412. The first-order chi connectivity index (χ1) is 11.3. The van der Waals surface area contributed by atoms with Crippen LogP contribution in [0, 0.1) is 6.92 Å². The maximum absolute atomic E-state index is 12.6. The molecule has 2 aromatic rings. The molecule has 0 saturated heterocycles. The van der Waals surface area contributed by atoms with Crippen LogP contribution in [0.1, 0.15) is 24.1 Å². The van der Waals surface area contributed by atoms with Crippen molar-refractivity contribution in [2.45, 2.75) is 24.8 Å². The second-order valence-electron chi connectivity index (χ2n) is 5.75. The molecule has 2 rings (SSSR count). The largest absolute Gasteiger partial charge is 0.494 e. The molecule has 0 aliphatic carbocycles. The van der Waals surface area contributed by atoms with Gasteiger partial charge in [-0.2, -0.15) is 11.3 Å². The van der Waals surface area contributed by atoms with Gasteiger partial charge in [0.2, 0.25) is 10.0 Å². The van der Waals surface area contributed by atoms with E-state index in [-0.39, 0.29) is 10.9 Å². The van der Waals surface area contributed by atoms with Gasteiger partial charge in [0.1, 0.15) is 5.75 Å². The van der Waals surface area contributed by atoms with E-state index in [4.69, 9.17) is 4.74 Å². The minimum atomic E-state index is -3.56. The highest BCUT2D eigenvalue weighted by Crippen LogP contribution is 2.23. The predicted octanol–water partition coefficient (Wildman–Crippen LogP) is 3.04. The van der Waals surface area contributed by atoms with E-state index in [1.807, 2.05) is 49.7 Å². The summed E-state index contributed by atoms with van der Waals surface area (Å²) >= 11 is 1.61. The van der Waals surface area contributed by atoms with Gasteiger partial charge < -0.3 is 9.64 Å². The third-order valence-electron chi connectivity index (χ3n) is 3.77. The number of benzene rings is 1. The summed E-state index contributed by atoms with van der Waals surface area (Å²) in [6.45, 7) is 4.62. The van der Waals surface area contributed by atoms with Gasteiger partial charge in [0.25, 0.3) is 0 Å². The van der Waals surface area contributed by atoms with Gasteiger partial charge in [0, 0.05) is 12.6 Å². The van der Waals surface area contributed by atoms with Crippen molar-refractivity contribution < 1.29 is 13.2 Å². The number of likely N-dealkylation sites (N-methyl/N-ethyl adjacent to an activating group) is 1. The molecule has 7 heteroatoms. The quantitative estimate of drug-likeness (QED) is 0.778. The van der Waals surface area contributed by atoms with E-state index in [1.165, 1.54) is 0 Å². The van der Waals surface area contributed by atoms with E-state index < -0.39 is 10.0 Å². The van der Waals surface area contributed by atoms with Crippen molar-refractivity contribution in [1.82, 2.24) is 9.62 Å². The van der Waals surface area contributed by atoms with Gasteiger partial charge >= 0.3 is 0 Å². The van der Waals surface area contributed by atoms with E-state index in [1.54, 1.807) is 29.5 Å². The molecule has 1 aromatic carbocycles. The topological polar surface area (TPSA) is 58.6 Å². The molecule has 5 nitrogen and oxygen atoms in total. The Morgan fingerprint density at radius 2 is 2.04 bits per heavy atom. The molecular formula is C17H24N2O3S2. The zero-order valence-corrected chi connectivity index (χ0v) is 16.1. The molecule has 1 unspecified atom stereocenters. The van der Waals surface area contributed by atoms with Gasteiger partial charge in [-0.15, -0.1) is 0 Å². The first-order valence-corrected chi connectivity index (χ1v) is 10.2. The van der Waals surface area contributed by atoms with Crippen molar-refractivity contribution in [3.63, 3.8) is 0 Å². The van der Waals surface area contributed by atoms with Crippen LogP contribution in [0.25, 0.3) is 0 Å². The van der Waals surface area contributed by atoms with Crippen LogP contribution >= 0.6 is 11.3 Å². The highest BCUT2D eigenvalue weighted by Gasteiger charge is 2.20. The minimum Gasteiger partial charge on any atom is -0.494 e. The molecule has 1 atom stereocenters. The highest BCUT2D eigenvalue weighted by molar-refractivity contribution is 7.89. The lowest BCUT2D eigenvalue weighted by Gasteiger charge is -2.24. The van der Waals surface area contributed by atoms with Crippen molar-refractivity contribution in [2.24, 2.45) is 0 Å². The van der Waals surface area contributed by atoms with Gasteiger partial charge in [0.15, 0.2) is 0 Å². The summed E-state index contributed by atoms with van der Waals surface area (Å²) in [4.78, 5) is 2.26. The molecule has 0 aliphatic heterocycles. The molecule has 1 N–H and O–H groups in total. The smallest absolute Gasteiger partial charge is 0.240 e. The van der Waals surface area contributed by atoms with Gasteiger partial charge in [-0.1, -0.05) is 0 Å². The fourth-order valence-corrected chi connectivity index (χ4v) is 4.27. The molecule has 0 saturated carbocycles. The van der Waals surface area contributed by atoms with Gasteiger partial charge in [-0.3, -0.25) is 0 Å². The van der Waals surface area contributed by atoms with Crippen LogP contribution in [0.15, 0.2) is 39.9 Å². The predicted molar refractivity (Wildman–Crippen MR) is 98.3 cm³/mol. The molecule has 0 fully saturated rings. The summed E-state index contributed by atoms with van der Waals surface area (Å²) < 4.78 is 33.3. The zero-order valence-electron chi connectivity index (χ0n) is 14.4. The molecular weight excluding hydrogens is 344 g/mol. The molecule has 1 heterocycles. The van der Waals surface area contributed by atoms with Crippen molar-refractivity contribution in [3.8, 4) is 5.75 Å². The molecule has 0 amide bonds. The highest BCUT2D eigenvalue weighted by atomic mass is 32.2. The average Bonchev–Trinajstić information content (AvgIpc) is 3.03. The fourth-order valence-electron chi connectivity index (χ4n) is 2.44. The van der Waals surface area contributed by atoms with Crippen molar-refractivity contribution in [2.75, 3.05) is 27.2 Å². The molecule has 0 bridgehead atoms. The lowest BCUT2D eigenvalue weighted by atomic mass is 10.1. The first-order valence-electron chi connectivity index (χ1n) is 7.76. The zero-order chi connectivity index (χ0) is 17.7. The summed E-state index contributed by atoms with van der Waals surface area (Å²) in [5.41, 5.74) is 1.91. The minimum absolute atomic E-state index is 0.00480. The third-order valence-corrected chi connectivity index (χ3v) is 5.90. The lowest BCUT2D eigenvalue weighted by molar-refractivity contribution is 0.300. The maximum Gasteiger partial charge on any atom is 0.240 e. The van der Waals surface area contributed by atoms with Crippen LogP contribution in [0.4, 0.5) is 0 Å². The molecule has 24 heavy (non-hydrogen) atoms. The van der Waals surface area contributed by atoms with Crippen LogP contribution in [0.2, 0.25) is 0 Å². The van der Waals surface area contributed by atoms with Crippen molar-refractivity contribution in [1.29, 1.82) is 0 Å². The second-order valence-corrected chi connectivity index (χ2v) is 8.30. The Morgan fingerprint density at radius 1 is 1.29 bits per heavy atom. The molecule has 132 valence electrons. The van der Waals surface area contributed by atoms with E-state index in [0.29, 0.717) is 18.9 Å². The Morgan fingerprint density at radius 3 is 2.58 bits per heavy atom. The number of hydrogen-bond acceptors (Lipinski definition) is 5. The van der Waals surface area contributed by atoms with E-state index in [0.717, 1.165) is 11.1 Å². The third kappa shape index (κ3) is 4.57. The Hall–Kier alpha value is -1.41. The summed E-state index contributed by atoms with van der Waals surface area (Å²) in [6.07, 6.45) is 0. The number of hydrogen-bond donors (Lipinski definition) is 1.